The highest BCUT2D eigenvalue weighted by Gasteiger charge is 2.20. The number of urea groups is 1. The molecule has 1 atom stereocenters. The van der Waals surface area contributed by atoms with Crippen LogP contribution in [0.25, 0.3) is 0 Å². The van der Waals surface area contributed by atoms with Crippen molar-refractivity contribution in [2.45, 2.75) is 12.5 Å². The van der Waals surface area contributed by atoms with Crippen LogP contribution in [-0.4, -0.2) is 36.9 Å². The van der Waals surface area contributed by atoms with Crippen molar-refractivity contribution in [2.24, 2.45) is 0 Å². The number of carboxylic acids is 1. The summed E-state index contributed by atoms with van der Waals surface area (Å²) in [6, 6.07) is 4.47. The van der Waals surface area contributed by atoms with Crippen LogP contribution in [0, 0.1) is 11.3 Å². The van der Waals surface area contributed by atoms with Crippen LogP contribution in [0.15, 0.2) is 18.2 Å². The summed E-state index contributed by atoms with van der Waals surface area (Å²) in [5, 5.41) is 22.7. The predicted molar refractivity (Wildman–Crippen MR) is 76.2 cm³/mol. The van der Waals surface area contributed by atoms with Crippen LogP contribution in [0.3, 0.4) is 0 Å². The molecule has 0 aliphatic heterocycles. The van der Waals surface area contributed by atoms with Crippen molar-refractivity contribution in [3.8, 4) is 6.07 Å². The van der Waals surface area contributed by atoms with E-state index < -0.39 is 18.0 Å². The number of nitriles is 1. The van der Waals surface area contributed by atoms with Crippen molar-refractivity contribution in [2.75, 3.05) is 19.0 Å². The zero-order valence-corrected chi connectivity index (χ0v) is 12.0. The Hall–Kier alpha value is -2.30. The third-order valence-corrected chi connectivity index (χ3v) is 2.89. The van der Waals surface area contributed by atoms with E-state index in [2.05, 4.69) is 10.6 Å². The summed E-state index contributed by atoms with van der Waals surface area (Å²) in [6.07, 6.45) is 0.130. The summed E-state index contributed by atoms with van der Waals surface area (Å²) in [4.78, 5) is 22.8. The molecule has 2 amide bonds. The Balaban J connectivity index is 2.72. The topological polar surface area (TPSA) is 111 Å². The molecular weight excluding hydrogens is 298 g/mol. The molecule has 0 aliphatic rings. The Bertz CT molecular complexity index is 571. The third kappa shape index (κ3) is 5.30. The number of hydrogen-bond acceptors (Lipinski definition) is 4. The number of rotatable bonds is 6. The fraction of sp³-hybridized carbons (Fsp3) is 0.308. The monoisotopic (exact) mass is 311 g/mol. The Morgan fingerprint density at radius 1 is 1.52 bits per heavy atom. The number of carbonyl (C=O) groups is 2. The van der Waals surface area contributed by atoms with Crippen molar-refractivity contribution < 1.29 is 19.4 Å². The number of benzene rings is 1. The van der Waals surface area contributed by atoms with Crippen LogP contribution >= 0.6 is 11.6 Å². The van der Waals surface area contributed by atoms with E-state index in [0.29, 0.717) is 5.56 Å². The summed E-state index contributed by atoms with van der Waals surface area (Å²) >= 11 is 5.89. The van der Waals surface area contributed by atoms with Gasteiger partial charge in [0.2, 0.25) is 0 Å². The highest BCUT2D eigenvalue weighted by molar-refractivity contribution is 6.33. The van der Waals surface area contributed by atoms with E-state index in [9.17, 15) is 9.59 Å². The fourth-order valence-electron chi connectivity index (χ4n) is 1.50. The quantitative estimate of drug-likeness (QED) is 0.742. The van der Waals surface area contributed by atoms with Gasteiger partial charge in [0.05, 0.1) is 22.3 Å². The van der Waals surface area contributed by atoms with Crippen LogP contribution in [0.1, 0.15) is 12.0 Å². The van der Waals surface area contributed by atoms with Gasteiger partial charge in [0, 0.05) is 20.1 Å². The van der Waals surface area contributed by atoms with Gasteiger partial charge in [0.1, 0.15) is 6.04 Å². The molecule has 0 aromatic heterocycles. The van der Waals surface area contributed by atoms with Gasteiger partial charge in [0.15, 0.2) is 0 Å². The number of methoxy groups -OCH3 is 1. The molecule has 8 heteroatoms. The van der Waals surface area contributed by atoms with Crippen LogP contribution in [-0.2, 0) is 9.53 Å². The zero-order chi connectivity index (χ0) is 15.8. The SMILES string of the molecule is COCCC(NC(=O)Nc1cc(C#N)ccc1Cl)C(=O)O. The van der Waals surface area contributed by atoms with Crippen molar-refractivity contribution >= 4 is 29.3 Å². The average Bonchev–Trinajstić information content (AvgIpc) is 2.45. The molecule has 0 aliphatic carbocycles. The minimum Gasteiger partial charge on any atom is -0.480 e. The minimum absolute atomic E-state index is 0.130. The van der Waals surface area contributed by atoms with Crippen molar-refractivity contribution in [3.05, 3.63) is 28.8 Å². The van der Waals surface area contributed by atoms with Gasteiger partial charge in [-0.3, -0.25) is 0 Å². The van der Waals surface area contributed by atoms with Crippen LogP contribution < -0.4 is 10.6 Å². The Kier molecular flexibility index (Phi) is 6.46. The van der Waals surface area contributed by atoms with Crippen molar-refractivity contribution in [3.63, 3.8) is 0 Å². The second-order valence-electron chi connectivity index (χ2n) is 4.08. The molecule has 1 rings (SSSR count). The lowest BCUT2D eigenvalue weighted by atomic mass is 10.2. The van der Waals surface area contributed by atoms with Gasteiger partial charge in [0.25, 0.3) is 0 Å². The van der Waals surface area contributed by atoms with Crippen LogP contribution in [0.2, 0.25) is 5.02 Å². The summed E-state index contributed by atoms with van der Waals surface area (Å²) in [7, 11) is 1.44. The largest absolute Gasteiger partial charge is 0.480 e. The third-order valence-electron chi connectivity index (χ3n) is 2.56. The molecule has 0 bridgehead atoms. The normalized spacial score (nSPS) is 11.3. The molecule has 1 unspecified atom stereocenters. The van der Waals surface area contributed by atoms with E-state index in [1.807, 2.05) is 6.07 Å². The predicted octanol–water partition coefficient (Wildman–Crippen LogP) is 1.82. The molecule has 0 fully saturated rings. The standard InChI is InChI=1S/C13H14ClN3O4/c1-21-5-4-10(12(18)19)16-13(20)17-11-6-8(7-15)2-3-9(11)14/h2-3,6,10H,4-5H2,1H3,(H,18,19)(H2,16,17,20). The summed E-state index contributed by atoms with van der Waals surface area (Å²) in [5.74, 6) is -1.17. The number of aliphatic carboxylic acids is 1. The molecule has 1 aromatic rings. The number of halogens is 1. The number of anilines is 1. The maximum Gasteiger partial charge on any atom is 0.326 e. The smallest absolute Gasteiger partial charge is 0.326 e. The summed E-state index contributed by atoms with van der Waals surface area (Å²) < 4.78 is 4.78. The number of carbonyl (C=O) groups excluding carboxylic acids is 1. The average molecular weight is 312 g/mol. The van der Waals surface area contributed by atoms with E-state index in [4.69, 9.17) is 26.7 Å². The van der Waals surface area contributed by atoms with Gasteiger partial charge in [-0.1, -0.05) is 11.6 Å². The lowest BCUT2D eigenvalue weighted by Crippen LogP contribution is -2.43. The zero-order valence-electron chi connectivity index (χ0n) is 11.2. The Labute approximate surface area is 126 Å². The van der Waals surface area contributed by atoms with E-state index in [0.717, 1.165) is 0 Å². The van der Waals surface area contributed by atoms with E-state index >= 15 is 0 Å². The number of nitrogens with one attached hydrogen (secondary N) is 2. The number of ether oxygens (including phenoxy) is 1. The van der Waals surface area contributed by atoms with Gasteiger partial charge in [-0.05, 0) is 18.2 Å². The lowest BCUT2D eigenvalue weighted by molar-refractivity contribution is -0.139. The second-order valence-corrected chi connectivity index (χ2v) is 4.48. The van der Waals surface area contributed by atoms with Crippen LogP contribution in [0.4, 0.5) is 10.5 Å². The van der Waals surface area contributed by atoms with Gasteiger partial charge < -0.3 is 20.5 Å². The summed E-state index contributed by atoms with van der Waals surface area (Å²) in [5.41, 5.74) is 0.549. The minimum atomic E-state index is -1.17. The molecule has 0 radical (unpaired) electrons. The molecular formula is C13H14ClN3O4. The first-order valence-corrected chi connectivity index (χ1v) is 6.34. The Morgan fingerprint density at radius 2 is 2.24 bits per heavy atom. The molecule has 112 valence electrons. The first-order chi connectivity index (χ1) is 9.97. The van der Waals surface area contributed by atoms with Gasteiger partial charge >= 0.3 is 12.0 Å². The van der Waals surface area contributed by atoms with Crippen LogP contribution in [0.5, 0.6) is 0 Å². The van der Waals surface area contributed by atoms with Gasteiger partial charge in [-0.15, -0.1) is 0 Å². The highest BCUT2D eigenvalue weighted by atomic mass is 35.5. The van der Waals surface area contributed by atoms with E-state index in [-0.39, 0.29) is 23.7 Å². The van der Waals surface area contributed by atoms with Gasteiger partial charge in [-0.2, -0.15) is 5.26 Å². The summed E-state index contributed by atoms with van der Waals surface area (Å²) in [6.45, 7) is 0.196. The molecule has 0 heterocycles. The molecule has 7 nitrogen and oxygen atoms in total. The fourth-order valence-corrected chi connectivity index (χ4v) is 1.67. The number of amides is 2. The first kappa shape index (κ1) is 16.8. The molecule has 21 heavy (non-hydrogen) atoms. The molecule has 1 aromatic carbocycles. The molecule has 0 saturated carbocycles. The van der Waals surface area contributed by atoms with E-state index in [1.165, 1.54) is 25.3 Å². The highest BCUT2D eigenvalue weighted by Crippen LogP contribution is 2.22. The first-order valence-electron chi connectivity index (χ1n) is 5.96. The number of nitrogens with zero attached hydrogens (tertiary/aromatic N) is 1. The number of carboxylic acid groups (broad SMARTS) is 1. The van der Waals surface area contributed by atoms with E-state index in [1.54, 1.807) is 0 Å². The second kappa shape index (κ2) is 8.09. The number of hydrogen-bond donors (Lipinski definition) is 3. The van der Waals surface area contributed by atoms with Crippen molar-refractivity contribution in [1.82, 2.24) is 5.32 Å². The molecule has 0 saturated heterocycles. The molecule has 3 N–H and O–H groups in total. The maximum atomic E-state index is 11.8. The Morgan fingerprint density at radius 3 is 2.81 bits per heavy atom. The van der Waals surface area contributed by atoms with Gasteiger partial charge in [-0.25, -0.2) is 9.59 Å². The molecule has 0 spiro atoms. The van der Waals surface area contributed by atoms with Crippen molar-refractivity contribution in [1.29, 1.82) is 5.26 Å². The maximum absolute atomic E-state index is 11.8. The lowest BCUT2D eigenvalue weighted by Gasteiger charge is -2.15.